The van der Waals surface area contributed by atoms with Gasteiger partial charge in [0, 0.05) is 19.3 Å². The Labute approximate surface area is 124 Å². The molecule has 0 radical (unpaired) electrons. The minimum Gasteiger partial charge on any atom is -0.497 e. The Morgan fingerprint density at radius 3 is 2.71 bits per heavy atom. The highest BCUT2D eigenvalue weighted by atomic mass is 16.5. The van der Waals surface area contributed by atoms with Crippen molar-refractivity contribution in [2.24, 2.45) is 0 Å². The summed E-state index contributed by atoms with van der Waals surface area (Å²) in [6, 6.07) is 9.49. The molecule has 0 aromatic heterocycles. The van der Waals surface area contributed by atoms with Crippen LogP contribution in [0.25, 0.3) is 0 Å². The summed E-state index contributed by atoms with van der Waals surface area (Å²) in [5, 5.41) is 14.4. The summed E-state index contributed by atoms with van der Waals surface area (Å²) in [7, 11) is 1.62. The van der Waals surface area contributed by atoms with Gasteiger partial charge in [-0.1, -0.05) is 18.2 Å². The van der Waals surface area contributed by atoms with Crippen molar-refractivity contribution in [3.8, 4) is 11.8 Å². The van der Waals surface area contributed by atoms with Crippen LogP contribution in [-0.4, -0.2) is 26.1 Å². The van der Waals surface area contributed by atoms with E-state index in [1.807, 2.05) is 30.3 Å². The fraction of sp³-hybridized carbons (Fsp3) is 0.250. The number of benzene rings is 1. The molecular formula is C16H19N3O2. The largest absolute Gasteiger partial charge is 0.497 e. The van der Waals surface area contributed by atoms with Crippen molar-refractivity contribution < 1.29 is 9.53 Å². The smallest absolute Gasteiger partial charge is 0.263 e. The van der Waals surface area contributed by atoms with Gasteiger partial charge in [-0.25, -0.2) is 0 Å². The van der Waals surface area contributed by atoms with Crippen LogP contribution in [0.4, 0.5) is 0 Å². The molecule has 2 N–H and O–H groups in total. The van der Waals surface area contributed by atoms with Gasteiger partial charge in [-0.3, -0.25) is 4.79 Å². The van der Waals surface area contributed by atoms with Crippen molar-refractivity contribution >= 4 is 5.91 Å². The molecule has 1 rings (SSSR count). The quantitative estimate of drug-likeness (QED) is 0.329. The molecule has 0 unspecified atom stereocenters. The Morgan fingerprint density at radius 2 is 2.14 bits per heavy atom. The van der Waals surface area contributed by atoms with Gasteiger partial charge >= 0.3 is 0 Å². The summed E-state index contributed by atoms with van der Waals surface area (Å²) in [5.74, 6) is 0.411. The van der Waals surface area contributed by atoms with Gasteiger partial charge in [-0.2, -0.15) is 5.26 Å². The van der Waals surface area contributed by atoms with Crippen molar-refractivity contribution in [2.45, 2.75) is 6.42 Å². The lowest BCUT2D eigenvalue weighted by molar-refractivity contribution is -0.117. The van der Waals surface area contributed by atoms with Gasteiger partial charge in [0.25, 0.3) is 5.91 Å². The Balaban J connectivity index is 2.42. The van der Waals surface area contributed by atoms with E-state index in [9.17, 15) is 4.79 Å². The molecule has 110 valence electrons. The van der Waals surface area contributed by atoms with E-state index >= 15 is 0 Å². The molecule has 1 aromatic carbocycles. The van der Waals surface area contributed by atoms with Crippen LogP contribution in [0.15, 0.2) is 48.7 Å². The SMILES string of the molecule is C=CCN/C=C(/C#N)C(=O)NCCc1ccc(OC)cc1. The average molecular weight is 285 g/mol. The fourth-order valence-corrected chi connectivity index (χ4v) is 1.60. The molecule has 0 aliphatic heterocycles. The van der Waals surface area contributed by atoms with Gasteiger partial charge in [0.15, 0.2) is 0 Å². The summed E-state index contributed by atoms with van der Waals surface area (Å²) in [4.78, 5) is 11.8. The maximum Gasteiger partial charge on any atom is 0.263 e. The average Bonchev–Trinajstić information content (AvgIpc) is 2.52. The molecule has 0 atom stereocenters. The molecule has 0 aliphatic rings. The van der Waals surface area contributed by atoms with Crippen LogP contribution < -0.4 is 15.4 Å². The molecule has 21 heavy (non-hydrogen) atoms. The van der Waals surface area contributed by atoms with Crippen molar-refractivity contribution in [3.63, 3.8) is 0 Å². The van der Waals surface area contributed by atoms with Crippen LogP contribution in [0, 0.1) is 11.3 Å². The van der Waals surface area contributed by atoms with Crippen LogP contribution in [-0.2, 0) is 11.2 Å². The maximum absolute atomic E-state index is 11.8. The van der Waals surface area contributed by atoms with E-state index in [-0.39, 0.29) is 11.5 Å². The zero-order chi connectivity index (χ0) is 15.5. The van der Waals surface area contributed by atoms with Crippen LogP contribution in [0.3, 0.4) is 0 Å². The second-order valence-electron chi connectivity index (χ2n) is 4.22. The van der Waals surface area contributed by atoms with E-state index in [2.05, 4.69) is 17.2 Å². The van der Waals surface area contributed by atoms with Gasteiger partial charge in [-0.05, 0) is 24.1 Å². The third-order valence-corrected chi connectivity index (χ3v) is 2.73. The van der Waals surface area contributed by atoms with Crippen LogP contribution >= 0.6 is 0 Å². The highest BCUT2D eigenvalue weighted by Crippen LogP contribution is 2.11. The number of carbonyl (C=O) groups excluding carboxylic acids is 1. The molecule has 1 amide bonds. The van der Waals surface area contributed by atoms with E-state index in [0.29, 0.717) is 19.5 Å². The molecule has 0 aliphatic carbocycles. The highest BCUT2D eigenvalue weighted by molar-refractivity contribution is 5.97. The molecule has 1 aromatic rings. The minimum atomic E-state index is -0.387. The number of rotatable bonds is 8. The van der Waals surface area contributed by atoms with Crippen molar-refractivity contribution in [3.05, 3.63) is 54.3 Å². The normalized spacial score (nSPS) is 10.4. The lowest BCUT2D eigenvalue weighted by Gasteiger charge is -2.06. The first-order chi connectivity index (χ1) is 10.2. The van der Waals surface area contributed by atoms with E-state index in [4.69, 9.17) is 10.00 Å². The van der Waals surface area contributed by atoms with Crippen molar-refractivity contribution in [2.75, 3.05) is 20.2 Å². The predicted octanol–water partition coefficient (Wildman–Crippen LogP) is 1.54. The van der Waals surface area contributed by atoms with E-state index in [1.165, 1.54) is 6.20 Å². The Bertz CT molecular complexity index is 542. The van der Waals surface area contributed by atoms with E-state index in [0.717, 1.165) is 11.3 Å². The lowest BCUT2D eigenvalue weighted by atomic mass is 10.1. The number of nitrogens with zero attached hydrogens (tertiary/aromatic N) is 1. The monoisotopic (exact) mass is 285 g/mol. The number of hydrogen-bond acceptors (Lipinski definition) is 4. The molecule has 0 heterocycles. The number of methoxy groups -OCH3 is 1. The van der Waals surface area contributed by atoms with Gasteiger partial charge < -0.3 is 15.4 Å². The molecule has 0 fully saturated rings. The topological polar surface area (TPSA) is 74.2 Å². The number of carbonyl (C=O) groups is 1. The van der Waals surface area contributed by atoms with Crippen molar-refractivity contribution in [1.29, 1.82) is 5.26 Å². The first kappa shape index (κ1) is 16.3. The number of ether oxygens (including phenoxy) is 1. The van der Waals surface area contributed by atoms with Crippen LogP contribution in [0.2, 0.25) is 0 Å². The molecule has 5 nitrogen and oxygen atoms in total. The third kappa shape index (κ3) is 5.83. The van der Waals surface area contributed by atoms with Crippen molar-refractivity contribution in [1.82, 2.24) is 10.6 Å². The molecule has 5 heteroatoms. The van der Waals surface area contributed by atoms with Gasteiger partial charge in [-0.15, -0.1) is 6.58 Å². The predicted molar refractivity (Wildman–Crippen MR) is 81.6 cm³/mol. The van der Waals surface area contributed by atoms with Crippen LogP contribution in [0.1, 0.15) is 5.56 Å². The molecule has 0 saturated carbocycles. The van der Waals surface area contributed by atoms with E-state index in [1.54, 1.807) is 13.2 Å². The van der Waals surface area contributed by atoms with Gasteiger partial charge in [0.05, 0.1) is 7.11 Å². The van der Waals surface area contributed by atoms with Gasteiger partial charge in [0.2, 0.25) is 0 Å². The second-order valence-corrected chi connectivity index (χ2v) is 4.22. The van der Waals surface area contributed by atoms with E-state index < -0.39 is 0 Å². The lowest BCUT2D eigenvalue weighted by Crippen LogP contribution is -2.27. The Hall–Kier alpha value is -2.74. The van der Waals surface area contributed by atoms with Gasteiger partial charge in [0.1, 0.15) is 17.4 Å². The Morgan fingerprint density at radius 1 is 1.43 bits per heavy atom. The zero-order valence-corrected chi connectivity index (χ0v) is 12.1. The number of amides is 1. The first-order valence-corrected chi connectivity index (χ1v) is 6.57. The molecule has 0 bridgehead atoms. The maximum atomic E-state index is 11.8. The number of nitrogens with one attached hydrogen (secondary N) is 2. The minimum absolute atomic E-state index is 0.0478. The Kier molecular flexibility index (Phi) is 7.15. The molecule has 0 saturated heterocycles. The second kappa shape index (κ2) is 9.21. The molecular weight excluding hydrogens is 266 g/mol. The standard InChI is InChI=1S/C16H19N3O2/c1-3-9-18-12-14(11-17)16(20)19-10-8-13-4-6-15(21-2)7-5-13/h3-7,12,18H,1,8-10H2,2H3,(H,19,20)/b14-12-. The summed E-state index contributed by atoms with van der Waals surface area (Å²) in [6.07, 6.45) is 3.73. The highest BCUT2D eigenvalue weighted by Gasteiger charge is 2.07. The summed E-state index contributed by atoms with van der Waals surface area (Å²) < 4.78 is 5.08. The third-order valence-electron chi connectivity index (χ3n) is 2.73. The molecule has 0 spiro atoms. The summed E-state index contributed by atoms with van der Waals surface area (Å²) in [5.41, 5.74) is 1.13. The number of hydrogen-bond donors (Lipinski definition) is 2. The first-order valence-electron chi connectivity index (χ1n) is 6.57. The number of nitriles is 1. The van der Waals surface area contributed by atoms with Crippen LogP contribution in [0.5, 0.6) is 5.75 Å². The fourth-order valence-electron chi connectivity index (χ4n) is 1.60. The summed E-state index contributed by atoms with van der Waals surface area (Å²) in [6.45, 7) is 4.51. The summed E-state index contributed by atoms with van der Waals surface area (Å²) >= 11 is 0. The zero-order valence-electron chi connectivity index (χ0n) is 12.1.